The maximum atomic E-state index is 13.6. The quantitative estimate of drug-likeness (QED) is 0.337. The van der Waals surface area contributed by atoms with Crippen LogP contribution < -0.4 is 20.1 Å². The number of carbonyl (C=O) groups is 3. The lowest BCUT2D eigenvalue weighted by atomic mass is 9.99. The molecule has 1 saturated heterocycles. The summed E-state index contributed by atoms with van der Waals surface area (Å²) in [6, 6.07) is 19.7. The summed E-state index contributed by atoms with van der Waals surface area (Å²) in [5.41, 5.74) is 3.19. The highest BCUT2D eigenvalue weighted by Crippen LogP contribution is 2.26. The number of fused-ring (bicyclic) bond motifs is 7. The molecule has 0 saturated carbocycles. The van der Waals surface area contributed by atoms with Gasteiger partial charge in [-0.25, -0.2) is 4.39 Å². The molecule has 45 heavy (non-hydrogen) atoms. The lowest BCUT2D eigenvalue weighted by Gasteiger charge is -2.39. The van der Waals surface area contributed by atoms with Gasteiger partial charge in [-0.1, -0.05) is 41.9 Å². The van der Waals surface area contributed by atoms with Gasteiger partial charge < -0.3 is 25.0 Å². The maximum Gasteiger partial charge on any atom is 0.258 e. The second-order valence-corrected chi connectivity index (χ2v) is 11.4. The van der Waals surface area contributed by atoms with Crippen LogP contribution in [0.3, 0.4) is 0 Å². The van der Waals surface area contributed by atoms with E-state index in [9.17, 15) is 18.8 Å². The third kappa shape index (κ3) is 7.41. The van der Waals surface area contributed by atoms with E-state index >= 15 is 0 Å². The van der Waals surface area contributed by atoms with Crippen molar-refractivity contribution in [2.45, 2.75) is 31.5 Å². The molecular formula is C34H30ClFN4O5. The fourth-order valence-corrected chi connectivity index (χ4v) is 5.61. The molecule has 3 aromatic carbocycles. The molecule has 0 aliphatic carbocycles. The Balaban J connectivity index is 1.28. The highest BCUT2D eigenvalue weighted by Gasteiger charge is 2.34. The number of nitrogens with zero attached hydrogens (tertiary/aromatic N) is 2. The molecule has 3 aliphatic heterocycles. The second-order valence-electron chi connectivity index (χ2n) is 11.0. The first-order valence-corrected chi connectivity index (χ1v) is 14.9. The van der Waals surface area contributed by atoms with Crippen molar-refractivity contribution in [1.82, 2.24) is 20.5 Å². The number of aromatic nitrogens is 1. The number of likely N-dealkylation sites (tertiary alicyclic amines) is 1. The summed E-state index contributed by atoms with van der Waals surface area (Å²) < 4.78 is 25.6. The summed E-state index contributed by atoms with van der Waals surface area (Å²) in [5, 5.41) is 6.12. The number of nitrogens with one attached hydrogen (secondary N) is 2. The average Bonchev–Trinajstić information content (AvgIpc) is 3.05. The predicted molar refractivity (Wildman–Crippen MR) is 165 cm³/mol. The number of benzene rings is 3. The molecule has 230 valence electrons. The van der Waals surface area contributed by atoms with E-state index in [-0.39, 0.29) is 42.3 Å². The molecular weight excluding hydrogens is 599 g/mol. The summed E-state index contributed by atoms with van der Waals surface area (Å²) in [6.45, 7) is 0.766. The molecule has 0 unspecified atom stereocenters. The smallest absolute Gasteiger partial charge is 0.258 e. The molecule has 2 atom stereocenters. The van der Waals surface area contributed by atoms with Crippen LogP contribution in [0.5, 0.6) is 11.5 Å². The highest BCUT2D eigenvalue weighted by molar-refractivity contribution is 6.31. The van der Waals surface area contributed by atoms with Crippen LogP contribution in [0.4, 0.5) is 4.39 Å². The van der Waals surface area contributed by atoms with E-state index in [0.29, 0.717) is 47.7 Å². The van der Waals surface area contributed by atoms with E-state index in [2.05, 4.69) is 15.6 Å². The Morgan fingerprint density at radius 2 is 1.80 bits per heavy atom. The minimum atomic E-state index is -0.552. The van der Waals surface area contributed by atoms with Gasteiger partial charge in [0.15, 0.2) is 6.61 Å². The van der Waals surface area contributed by atoms with Gasteiger partial charge in [-0.2, -0.15) is 0 Å². The maximum absolute atomic E-state index is 13.6. The van der Waals surface area contributed by atoms with Crippen LogP contribution in [0.15, 0.2) is 85.2 Å². The van der Waals surface area contributed by atoms with Gasteiger partial charge in [-0.15, -0.1) is 0 Å². The molecule has 3 aliphatic rings. The highest BCUT2D eigenvalue weighted by atomic mass is 35.5. The molecule has 0 spiro atoms. The Hall–Kier alpha value is -4.96. The molecule has 2 N–H and O–H groups in total. The largest absolute Gasteiger partial charge is 0.488 e. The van der Waals surface area contributed by atoms with Gasteiger partial charge >= 0.3 is 0 Å². The van der Waals surface area contributed by atoms with Crippen LogP contribution in [0, 0.1) is 5.82 Å². The minimum Gasteiger partial charge on any atom is -0.488 e. The number of ether oxygens (including phenoxy) is 2. The number of carbonyl (C=O) groups excluding carboxylic acids is 3. The van der Waals surface area contributed by atoms with E-state index in [1.807, 2.05) is 30.3 Å². The Morgan fingerprint density at radius 3 is 2.62 bits per heavy atom. The molecule has 1 aromatic heterocycles. The molecule has 7 rings (SSSR count). The first kappa shape index (κ1) is 30.1. The van der Waals surface area contributed by atoms with Gasteiger partial charge in [0.05, 0.1) is 18.0 Å². The SMILES string of the molecule is O=C1COc2cccc(c2)-c2cncc(c2)C(=O)N[C@@H]2CN(C(=O)Cc3ccc(F)cc3Cl)CC[C@@H]2Oc2ccc(cc2)CN1. The van der Waals surface area contributed by atoms with Crippen LogP contribution in [0.2, 0.25) is 5.02 Å². The lowest BCUT2D eigenvalue weighted by molar-refractivity contribution is -0.133. The minimum absolute atomic E-state index is 0.00194. The molecule has 4 heterocycles. The van der Waals surface area contributed by atoms with Crippen molar-refractivity contribution in [2.24, 2.45) is 0 Å². The monoisotopic (exact) mass is 628 g/mol. The summed E-state index contributed by atoms with van der Waals surface area (Å²) in [4.78, 5) is 45.3. The Morgan fingerprint density at radius 1 is 0.978 bits per heavy atom. The van der Waals surface area contributed by atoms with E-state index in [1.54, 1.807) is 35.4 Å². The third-order valence-corrected chi connectivity index (χ3v) is 8.17. The molecule has 4 aromatic rings. The van der Waals surface area contributed by atoms with E-state index < -0.39 is 18.0 Å². The van der Waals surface area contributed by atoms with Crippen LogP contribution >= 0.6 is 11.6 Å². The zero-order chi connectivity index (χ0) is 31.3. The number of piperidine rings is 1. The lowest BCUT2D eigenvalue weighted by Crippen LogP contribution is -2.58. The number of hydrogen-bond acceptors (Lipinski definition) is 6. The number of pyridine rings is 1. The number of rotatable bonds is 2. The number of halogens is 2. The van der Waals surface area contributed by atoms with Crippen molar-refractivity contribution in [2.75, 3.05) is 19.7 Å². The summed E-state index contributed by atoms with van der Waals surface area (Å²) in [5.74, 6) is -0.205. The van der Waals surface area contributed by atoms with Crippen LogP contribution in [0.1, 0.15) is 27.9 Å². The van der Waals surface area contributed by atoms with Crippen LogP contribution in [-0.2, 0) is 22.6 Å². The fourth-order valence-electron chi connectivity index (χ4n) is 5.38. The number of hydrogen-bond donors (Lipinski definition) is 2. The van der Waals surface area contributed by atoms with E-state index in [4.69, 9.17) is 21.1 Å². The topological polar surface area (TPSA) is 110 Å². The average molecular weight is 629 g/mol. The van der Waals surface area contributed by atoms with Gasteiger partial charge in [0, 0.05) is 49.0 Å². The summed E-state index contributed by atoms with van der Waals surface area (Å²) >= 11 is 6.19. The zero-order valence-electron chi connectivity index (χ0n) is 24.2. The van der Waals surface area contributed by atoms with Gasteiger partial charge in [0.25, 0.3) is 11.8 Å². The standard InChI is InChI=1S/C34H30ClFN4O5/c35-29-15-26(36)7-6-23(29)14-33(42)40-11-10-31-30(19-40)39-34(43)25-12-24(17-37-18-25)22-2-1-3-28(13-22)44-20-32(41)38-16-21-4-8-27(45-31)9-5-21/h1-9,12-13,15,17-18,30-31H,10-11,14,16,19-20H2,(H,38,41)(H,39,43)/t30-,31+/m1/s1. The van der Waals surface area contributed by atoms with Gasteiger partial charge in [0.2, 0.25) is 5.91 Å². The fraction of sp³-hybridized carbons (Fsp3) is 0.235. The van der Waals surface area contributed by atoms with Crippen molar-refractivity contribution in [3.8, 4) is 22.6 Å². The summed E-state index contributed by atoms with van der Waals surface area (Å²) in [7, 11) is 0. The molecule has 3 amide bonds. The van der Waals surface area contributed by atoms with Gasteiger partial charge in [-0.3, -0.25) is 19.4 Å². The van der Waals surface area contributed by atoms with Crippen LogP contribution in [0.25, 0.3) is 11.1 Å². The zero-order valence-corrected chi connectivity index (χ0v) is 24.9. The van der Waals surface area contributed by atoms with E-state index in [1.165, 1.54) is 24.4 Å². The van der Waals surface area contributed by atoms with Crippen LogP contribution in [-0.4, -0.2) is 59.4 Å². The number of amides is 3. The molecule has 0 radical (unpaired) electrons. The summed E-state index contributed by atoms with van der Waals surface area (Å²) in [6.07, 6.45) is 3.14. The van der Waals surface area contributed by atoms with Crippen molar-refractivity contribution in [3.05, 3.63) is 113 Å². The van der Waals surface area contributed by atoms with Crippen molar-refractivity contribution in [1.29, 1.82) is 0 Å². The van der Waals surface area contributed by atoms with Crippen molar-refractivity contribution >= 4 is 29.3 Å². The Bertz CT molecular complexity index is 1730. The Labute approximate surface area is 264 Å². The first-order chi connectivity index (χ1) is 21.8. The third-order valence-electron chi connectivity index (χ3n) is 7.81. The molecule has 1 fully saturated rings. The van der Waals surface area contributed by atoms with Gasteiger partial charge in [-0.05, 0) is 59.2 Å². The molecule has 6 bridgehead atoms. The van der Waals surface area contributed by atoms with Crippen molar-refractivity contribution in [3.63, 3.8) is 0 Å². The van der Waals surface area contributed by atoms with Gasteiger partial charge in [0.1, 0.15) is 23.4 Å². The predicted octanol–water partition coefficient (Wildman–Crippen LogP) is 4.57. The second kappa shape index (κ2) is 13.4. The van der Waals surface area contributed by atoms with Crippen molar-refractivity contribution < 1.29 is 28.2 Å². The Kier molecular flexibility index (Phi) is 8.93. The van der Waals surface area contributed by atoms with E-state index in [0.717, 1.165) is 11.1 Å². The normalized spacial score (nSPS) is 18.5. The first-order valence-electron chi connectivity index (χ1n) is 14.5. The molecule has 9 nitrogen and oxygen atoms in total. The molecule has 11 heteroatoms.